The Labute approximate surface area is 76.2 Å². The van der Waals surface area contributed by atoms with E-state index < -0.39 is 5.97 Å². The molecule has 0 saturated heterocycles. The van der Waals surface area contributed by atoms with Crippen molar-refractivity contribution >= 4 is 12.0 Å². The Morgan fingerprint density at radius 1 is 1.77 bits per heavy atom. The summed E-state index contributed by atoms with van der Waals surface area (Å²) in [5.41, 5.74) is 0.204. The fraction of sp³-hybridized carbons (Fsp3) is 0.333. The molecule has 0 amide bonds. The van der Waals surface area contributed by atoms with Gasteiger partial charge in [0.1, 0.15) is 6.26 Å². The van der Waals surface area contributed by atoms with E-state index in [4.69, 9.17) is 9.15 Å². The maximum atomic E-state index is 11.1. The zero-order valence-corrected chi connectivity index (χ0v) is 7.61. The van der Waals surface area contributed by atoms with Gasteiger partial charge in [-0.25, -0.2) is 9.78 Å². The molecule has 0 aliphatic rings. The van der Waals surface area contributed by atoms with Crippen LogP contribution in [0.25, 0.3) is 6.08 Å². The van der Waals surface area contributed by atoms with Gasteiger partial charge in [-0.15, -0.1) is 0 Å². The fourth-order valence-electron chi connectivity index (χ4n) is 0.806. The lowest BCUT2D eigenvalue weighted by Crippen LogP contribution is -2.04. The first-order valence-electron chi connectivity index (χ1n) is 4.03. The minimum Gasteiger partial charge on any atom is -0.461 e. The van der Waals surface area contributed by atoms with Crippen molar-refractivity contribution in [1.82, 2.24) is 4.98 Å². The zero-order valence-electron chi connectivity index (χ0n) is 7.61. The number of allylic oxidation sites excluding steroid dienone is 1. The van der Waals surface area contributed by atoms with Crippen molar-refractivity contribution in [3.8, 4) is 0 Å². The number of hydrogen-bond acceptors (Lipinski definition) is 4. The van der Waals surface area contributed by atoms with Crippen molar-refractivity contribution in [1.29, 1.82) is 0 Å². The Morgan fingerprint density at radius 3 is 3.15 bits per heavy atom. The minimum atomic E-state index is -0.456. The maximum Gasteiger partial charge on any atom is 0.360 e. The molecule has 0 radical (unpaired) electrons. The third kappa shape index (κ3) is 2.43. The number of ether oxygens (including phenoxy) is 1. The minimum absolute atomic E-state index is 0.204. The maximum absolute atomic E-state index is 11.1. The van der Waals surface area contributed by atoms with Crippen LogP contribution in [-0.2, 0) is 4.74 Å². The monoisotopic (exact) mass is 181 g/mol. The molecular formula is C9H11NO3. The van der Waals surface area contributed by atoms with Crippen LogP contribution in [0.2, 0.25) is 0 Å². The molecule has 0 fully saturated rings. The predicted octanol–water partition coefficient (Wildman–Crippen LogP) is 1.88. The number of aromatic nitrogens is 1. The van der Waals surface area contributed by atoms with Gasteiger partial charge >= 0.3 is 5.97 Å². The highest BCUT2D eigenvalue weighted by molar-refractivity contribution is 5.86. The molecule has 0 saturated carbocycles. The Kier molecular flexibility index (Phi) is 3.25. The molecule has 0 N–H and O–H groups in total. The largest absolute Gasteiger partial charge is 0.461 e. The fourth-order valence-corrected chi connectivity index (χ4v) is 0.806. The van der Waals surface area contributed by atoms with E-state index in [1.165, 1.54) is 6.26 Å². The summed E-state index contributed by atoms with van der Waals surface area (Å²) in [7, 11) is 0. The van der Waals surface area contributed by atoms with Crippen molar-refractivity contribution in [3.05, 3.63) is 23.9 Å². The van der Waals surface area contributed by atoms with E-state index in [0.717, 1.165) is 0 Å². The van der Waals surface area contributed by atoms with Gasteiger partial charge in [0, 0.05) is 0 Å². The molecule has 0 spiro atoms. The topological polar surface area (TPSA) is 52.3 Å². The Morgan fingerprint density at radius 2 is 2.54 bits per heavy atom. The smallest absolute Gasteiger partial charge is 0.360 e. The van der Waals surface area contributed by atoms with Crippen molar-refractivity contribution in [3.63, 3.8) is 0 Å². The van der Waals surface area contributed by atoms with Gasteiger partial charge in [0.25, 0.3) is 0 Å². The summed E-state index contributed by atoms with van der Waals surface area (Å²) in [5, 5.41) is 0. The van der Waals surface area contributed by atoms with E-state index in [1.807, 2.05) is 6.92 Å². The summed E-state index contributed by atoms with van der Waals surface area (Å²) in [6.45, 7) is 3.92. The molecule has 0 aromatic carbocycles. The normalized spacial score (nSPS) is 10.6. The third-order valence-corrected chi connectivity index (χ3v) is 1.32. The molecule has 13 heavy (non-hydrogen) atoms. The van der Waals surface area contributed by atoms with Gasteiger partial charge in [0.05, 0.1) is 6.61 Å². The van der Waals surface area contributed by atoms with Crippen LogP contribution >= 0.6 is 0 Å². The average molecular weight is 181 g/mol. The number of oxazole rings is 1. The van der Waals surface area contributed by atoms with E-state index >= 15 is 0 Å². The van der Waals surface area contributed by atoms with Crippen LogP contribution in [0.1, 0.15) is 30.2 Å². The second-order valence-corrected chi connectivity index (χ2v) is 2.29. The molecule has 1 aromatic heterocycles. The SMILES string of the molecule is C/C=C/c1nc(C(=O)OCC)co1. The first-order valence-corrected chi connectivity index (χ1v) is 4.03. The second kappa shape index (κ2) is 4.45. The van der Waals surface area contributed by atoms with Gasteiger partial charge in [-0.05, 0) is 19.9 Å². The van der Waals surface area contributed by atoms with Gasteiger partial charge in [-0.2, -0.15) is 0 Å². The molecule has 1 rings (SSSR count). The first kappa shape index (κ1) is 9.51. The number of carbonyl (C=O) groups is 1. The van der Waals surface area contributed by atoms with Crippen molar-refractivity contribution in [2.45, 2.75) is 13.8 Å². The molecule has 0 atom stereocenters. The van der Waals surface area contributed by atoms with Crippen LogP contribution in [0.5, 0.6) is 0 Å². The highest BCUT2D eigenvalue weighted by atomic mass is 16.5. The lowest BCUT2D eigenvalue weighted by Gasteiger charge is -1.94. The summed E-state index contributed by atoms with van der Waals surface area (Å²) in [6, 6.07) is 0. The molecule has 0 aliphatic heterocycles. The van der Waals surface area contributed by atoms with E-state index in [1.54, 1.807) is 19.1 Å². The standard InChI is InChI=1S/C9H11NO3/c1-3-5-8-10-7(6-13-8)9(11)12-4-2/h3,5-6H,4H2,1-2H3/b5-3+. The summed E-state index contributed by atoms with van der Waals surface area (Å²) < 4.78 is 9.71. The van der Waals surface area contributed by atoms with Crippen molar-refractivity contribution in [2.75, 3.05) is 6.61 Å². The summed E-state index contributed by atoms with van der Waals surface area (Å²) in [5.74, 6) is -0.0486. The average Bonchev–Trinajstić information content (AvgIpc) is 2.54. The molecule has 4 nitrogen and oxygen atoms in total. The van der Waals surface area contributed by atoms with E-state index in [2.05, 4.69) is 4.98 Å². The summed E-state index contributed by atoms with van der Waals surface area (Å²) in [6.07, 6.45) is 4.73. The summed E-state index contributed by atoms with van der Waals surface area (Å²) >= 11 is 0. The number of carbonyl (C=O) groups excluding carboxylic acids is 1. The second-order valence-electron chi connectivity index (χ2n) is 2.29. The lowest BCUT2D eigenvalue weighted by atomic mass is 10.5. The lowest BCUT2D eigenvalue weighted by molar-refractivity contribution is 0.0519. The van der Waals surface area contributed by atoms with E-state index in [-0.39, 0.29) is 5.69 Å². The third-order valence-electron chi connectivity index (χ3n) is 1.32. The Balaban J connectivity index is 2.73. The van der Waals surface area contributed by atoms with Gasteiger partial charge in [0.2, 0.25) is 5.89 Å². The van der Waals surface area contributed by atoms with Crippen LogP contribution in [0.3, 0.4) is 0 Å². The molecule has 1 heterocycles. The Hall–Kier alpha value is -1.58. The Bertz CT molecular complexity index is 314. The molecule has 0 bridgehead atoms. The number of rotatable bonds is 3. The van der Waals surface area contributed by atoms with E-state index in [9.17, 15) is 4.79 Å². The summed E-state index contributed by atoms with van der Waals surface area (Å²) in [4.78, 5) is 15.0. The number of hydrogen-bond donors (Lipinski definition) is 0. The molecule has 1 aromatic rings. The highest BCUT2D eigenvalue weighted by Crippen LogP contribution is 2.05. The molecular weight excluding hydrogens is 170 g/mol. The van der Waals surface area contributed by atoms with Crippen LogP contribution in [0.15, 0.2) is 16.8 Å². The quantitative estimate of drug-likeness (QED) is 0.668. The zero-order chi connectivity index (χ0) is 9.68. The predicted molar refractivity (Wildman–Crippen MR) is 47.2 cm³/mol. The molecule has 0 aliphatic carbocycles. The van der Waals surface area contributed by atoms with Crippen molar-refractivity contribution in [2.24, 2.45) is 0 Å². The number of nitrogens with zero attached hydrogens (tertiary/aromatic N) is 1. The van der Waals surface area contributed by atoms with Gasteiger partial charge in [-0.3, -0.25) is 0 Å². The molecule has 4 heteroatoms. The first-order chi connectivity index (χ1) is 6.27. The van der Waals surface area contributed by atoms with Crippen LogP contribution in [-0.4, -0.2) is 17.6 Å². The molecule has 0 unspecified atom stereocenters. The van der Waals surface area contributed by atoms with Crippen LogP contribution in [0.4, 0.5) is 0 Å². The van der Waals surface area contributed by atoms with Gasteiger partial charge in [-0.1, -0.05) is 6.08 Å². The highest BCUT2D eigenvalue weighted by Gasteiger charge is 2.10. The molecule has 70 valence electrons. The van der Waals surface area contributed by atoms with Crippen LogP contribution in [0, 0.1) is 0 Å². The number of esters is 1. The van der Waals surface area contributed by atoms with Crippen LogP contribution < -0.4 is 0 Å². The van der Waals surface area contributed by atoms with Gasteiger partial charge < -0.3 is 9.15 Å². The van der Waals surface area contributed by atoms with Gasteiger partial charge in [0.15, 0.2) is 5.69 Å². The van der Waals surface area contributed by atoms with Crippen molar-refractivity contribution < 1.29 is 13.9 Å². The van der Waals surface area contributed by atoms with E-state index in [0.29, 0.717) is 12.5 Å².